The van der Waals surface area contributed by atoms with Gasteiger partial charge in [-0.3, -0.25) is 37.3 Å². The molecule has 10 N–H and O–H groups in total. The lowest BCUT2D eigenvalue weighted by molar-refractivity contribution is -0.137. The van der Waals surface area contributed by atoms with Crippen LogP contribution in [0.2, 0.25) is 0 Å². The fourth-order valence-corrected chi connectivity index (χ4v) is 8.86. The minimum Gasteiger partial charge on any atom is -0.386 e. The third-order valence-corrected chi connectivity index (χ3v) is 12.2. The fraction of sp³-hybridized carbons (Fsp3) is 0.654. The average Bonchev–Trinajstić information content (AvgIpc) is 3.64. The fourth-order valence-electron chi connectivity index (χ4n) is 4.65. The lowest BCUT2D eigenvalue weighted by atomic mass is 9.87. The molecule has 1 saturated heterocycles. The number of phosphoric ester groups is 3. The maximum atomic E-state index is 12.7. The van der Waals surface area contributed by atoms with Crippen molar-refractivity contribution in [1.82, 2.24) is 30.2 Å². The van der Waals surface area contributed by atoms with E-state index in [9.17, 15) is 62.7 Å². The second kappa shape index (κ2) is 20.5. The number of anilines is 1. The van der Waals surface area contributed by atoms with Crippen LogP contribution in [0.1, 0.15) is 39.8 Å². The summed E-state index contributed by atoms with van der Waals surface area (Å²) >= 11 is 2.04. The van der Waals surface area contributed by atoms with Crippen molar-refractivity contribution in [2.75, 3.05) is 43.5 Å². The standard InChI is InChI=1S/C26H42N7O18P3S2/c1-14(34)55-8-5-17(36)56-9-7-28-16(35)4-6-29-24(39)21(38)26(2,3)11-48-54(45,46)51-53(43,44)47-10-15-20(50-52(40,41)42)19(37)25(49-15)33-13-32-18-22(27)30-12-31-23(18)33/h12-13,15,19-21,25,37-38H,4-11H2,1-3H3,(H,28,35)(H,29,39)(H,43,44)(H,45,46)(H2,27,30,31)(H2,40,41,42)/t15-,19-,20-,21+,25-/m1/s1. The number of carbonyl (C=O) groups excluding carboxylic acids is 4. The van der Waals surface area contributed by atoms with Crippen molar-refractivity contribution in [3.63, 3.8) is 0 Å². The molecular weight excluding hydrogens is 855 g/mol. The van der Waals surface area contributed by atoms with Gasteiger partial charge in [-0.15, -0.1) is 0 Å². The number of rotatable bonds is 22. The van der Waals surface area contributed by atoms with Gasteiger partial charge in [0.05, 0.1) is 19.5 Å². The SMILES string of the molecule is CC(=O)SCCC(=O)SCCNC(=O)CCNC(=O)[C@H](O)C(C)(C)COP(=O)(O)OP(=O)(O)OC[C@H]1O[C@@H](n2cnc3c(N)ncnc32)[C@H](O)[C@@H]1OP(=O)(O)O. The number of imidazole rings is 1. The van der Waals surface area contributed by atoms with E-state index in [2.05, 4.69) is 34.4 Å². The number of aliphatic hydroxyl groups is 2. The van der Waals surface area contributed by atoms with Gasteiger partial charge >= 0.3 is 23.5 Å². The van der Waals surface area contributed by atoms with Crippen molar-refractivity contribution in [2.24, 2.45) is 5.41 Å². The number of hydrogen-bond donors (Lipinski definition) is 9. The highest BCUT2D eigenvalue weighted by atomic mass is 32.2. The summed E-state index contributed by atoms with van der Waals surface area (Å²) in [6.07, 6.45) is -6.79. The van der Waals surface area contributed by atoms with Gasteiger partial charge in [0.25, 0.3) is 0 Å². The third-order valence-electron chi connectivity index (χ3n) is 7.38. The zero-order valence-corrected chi connectivity index (χ0v) is 34.1. The summed E-state index contributed by atoms with van der Waals surface area (Å²) in [6, 6.07) is 0. The first-order valence-electron chi connectivity index (χ1n) is 16.1. The van der Waals surface area contributed by atoms with Gasteiger partial charge in [0, 0.05) is 49.8 Å². The van der Waals surface area contributed by atoms with Crippen LogP contribution in [0, 0.1) is 5.41 Å². The Hall–Kier alpha value is -2.42. The smallest absolute Gasteiger partial charge is 0.386 e. The number of fused-ring (bicyclic) bond motifs is 1. The molecule has 316 valence electrons. The van der Waals surface area contributed by atoms with E-state index in [1.165, 1.54) is 20.8 Å². The minimum atomic E-state index is -5.58. The molecule has 7 atom stereocenters. The molecule has 2 amide bonds. The van der Waals surface area contributed by atoms with Crippen molar-refractivity contribution in [2.45, 2.75) is 64.3 Å². The van der Waals surface area contributed by atoms with Crippen LogP contribution in [0.5, 0.6) is 0 Å². The van der Waals surface area contributed by atoms with E-state index in [0.29, 0.717) is 5.75 Å². The average molecular weight is 898 g/mol. The van der Waals surface area contributed by atoms with Crippen LogP contribution in [-0.4, -0.2) is 134 Å². The summed E-state index contributed by atoms with van der Waals surface area (Å²) in [5.41, 5.74) is 4.23. The predicted octanol–water partition coefficient (Wildman–Crippen LogP) is -0.665. The molecule has 0 spiro atoms. The van der Waals surface area contributed by atoms with Crippen LogP contribution in [-0.2, 0) is 55.5 Å². The lowest BCUT2D eigenvalue weighted by Crippen LogP contribution is -2.46. The number of aliphatic hydroxyl groups excluding tert-OH is 2. The molecule has 1 fully saturated rings. The number of amides is 2. The molecule has 2 unspecified atom stereocenters. The molecule has 0 aliphatic carbocycles. The number of nitrogens with zero attached hydrogens (tertiary/aromatic N) is 4. The van der Waals surface area contributed by atoms with Gasteiger partial charge in [-0.1, -0.05) is 37.4 Å². The predicted molar refractivity (Wildman–Crippen MR) is 195 cm³/mol. The maximum Gasteiger partial charge on any atom is 0.481 e. The number of nitrogens with two attached hydrogens (primary N) is 1. The number of nitrogen functional groups attached to an aromatic ring is 1. The van der Waals surface area contributed by atoms with Gasteiger partial charge in [0.2, 0.25) is 11.8 Å². The zero-order valence-electron chi connectivity index (χ0n) is 29.8. The highest BCUT2D eigenvalue weighted by Crippen LogP contribution is 2.61. The van der Waals surface area contributed by atoms with E-state index >= 15 is 0 Å². The van der Waals surface area contributed by atoms with Crippen molar-refractivity contribution in [3.05, 3.63) is 12.7 Å². The Morgan fingerprint density at radius 2 is 1.68 bits per heavy atom. The second-order valence-electron chi connectivity index (χ2n) is 12.4. The van der Waals surface area contributed by atoms with E-state index in [-0.39, 0.29) is 58.9 Å². The van der Waals surface area contributed by atoms with Crippen LogP contribution in [0.25, 0.3) is 11.2 Å². The van der Waals surface area contributed by atoms with E-state index < -0.39 is 84.6 Å². The molecular formula is C26H42N7O18P3S2. The van der Waals surface area contributed by atoms with Gasteiger partial charge in [-0.2, -0.15) is 4.31 Å². The summed E-state index contributed by atoms with van der Waals surface area (Å²) in [4.78, 5) is 98.1. The number of nitrogens with one attached hydrogen (secondary N) is 2. The van der Waals surface area contributed by atoms with Crippen molar-refractivity contribution < 1.29 is 85.3 Å². The van der Waals surface area contributed by atoms with Gasteiger partial charge in [-0.05, 0) is 0 Å². The van der Waals surface area contributed by atoms with E-state index in [1.807, 2.05) is 0 Å². The van der Waals surface area contributed by atoms with Crippen molar-refractivity contribution in [3.8, 4) is 0 Å². The largest absolute Gasteiger partial charge is 0.481 e. The summed E-state index contributed by atoms with van der Waals surface area (Å²) < 4.78 is 62.0. The summed E-state index contributed by atoms with van der Waals surface area (Å²) in [5.74, 6) is -0.856. The number of thioether (sulfide) groups is 2. The first-order valence-corrected chi connectivity index (χ1v) is 22.6. The molecule has 2 aromatic heterocycles. The Labute approximate surface area is 326 Å². The first kappa shape index (κ1) is 48.0. The minimum absolute atomic E-state index is 0.0251. The number of aromatic nitrogens is 4. The van der Waals surface area contributed by atoms with Crippen LogP contribution >= 0.6 is 47.0 Å². The normalized spacial score (nSPS) is 21.6. The Morgan fingerprint density at radius 3 is 2.34 bits per heavy atom. The summed E-state index contributed by atoms with van der Waals surface area (Å²) in [6.45, 7) is 1.77. The van der Waals surface area contributed by atoms with Crippen LogP contribution < -0.4 is 16.4 Å². The maximum absolute atomic E-state index is 12.7. The van der Waals surface area contributed by atoms with Gasteiger partial charge in [-0.25, -0.2) is 28.6 Å². The van der Waals surface area contributed by atoms with Crippen LogP contribution in [0.15, 0.2) is 12.7 Å². The molecule has 30 heteroatoms. The second-order valence-corrected chi connectivity index (χ2v) is 19.0. The zero-order chi connectivity index (χ0) is 42.1. The molecule has 0 aromatic carbocycles. The summed E-state index contributed by atoms with van der Waals surface area (Å²) in [5, 5.41) is 26.0. The lowest BCUT2D eigenvalue weighted by Gasteiger charge is -2.30. The Morgan fingerprint density at radius 1 is 1.00 bits per heavy atom. The third kappa shape index (κ3) is 15.1. The summed E-state index contributed by atoms with van der Waals surface area (Å²) in [7, 11) is -16.4. The molecule has 56 heavy (non-hydrogen) atoms. The van der Waals surface area contributed by atoms with Gasteiger partial charge < -0.3 is 50.9 Å². The van der Waals surface area contributed by atoms with E-state index in [1.54, 1.807) is 0 Å². The van der Waals surface area contributed by atoms with E-state index in [0.717, 1.165) is 40.7 Å². The highest BCUT2D eigenvalue weighted by molar-refractivity contribution is 8.14. The molecule has 1 aliphatic heterocycles. The molecule has 3 heterocycles. The van der Waals surface area contributed by atoms with Gasteiger partial charge in [0.1, 0.15) is 36.3 Å². The number of phosphoric acid groups is 3. The van der Waals surface area contributed by atoms with Crippen molar-refractivity contribution in [1.29, 1.82) is 0 Å². The Balaban J connectivity index is 1.47. The molecule has 25 nitrogen and oxygen atoms in total. The van der Waals surface area contributed by atoms with E-state index in [4.69, 9.17) is 19.5 Å². The molecule has 1 aliphatic rings. The molecule has 0 saturated carbocycles. The highest BCUT2D eigenvalue weighted by Gasteiger charge is 2.50. The number of ether oxygens (including phenoxy) is 1. The number of hydrogen-bond acceptors (Lipinski definition) is 20. The molecule has 2 aromatic rings. The molecule has 0 bridgehead atoms. The molecule has 0 radical (unpaired) electrons. The van der Waals surface area contributed by atoms with Crippen LogP contribution in [0.4, 0.5) is 5.82 Å². The van der Waals surface area contributed by atoms with Crippen LogP contribution in [0.3, 0.4) is 0 Å². The Bertz CT molecular complexity index is 1870. The van der Waals surface area contributed by atoms with Gasteiger partial charge in [0.15, 0.2) is 27.9 Å². The van der Waals surface area contributed by atoms with Crippen molar-refractivity contribution >= 4 is 86.0 Å². The first-order chi connectivity index (χ1) is 25.9. The Kier molecular flexibility index (Phi) is 17.6. The topological polar surface area (TPSA) is 381 Å². The monoisotopic (exact) mass is 897 g/mol. The quantitative estimate of drug-likeness (QED) is 0.0523. The molecule has 3 rings (SSSR count). The number of carbonyl (C=O) groups is 4.